The van der Waals surface area contributed by atoms with Crippen LogP contribution in [0.15, 0.2) is 48.5 Å². The van der Waals surface area contributed by atoms with E-state index in [0.717, 1.165) is 10.0 Å². The van der Waals surface area contributed by atoms with E-state index in [0.29, 0.717) is 0 Å². The molecule has 0 saturated heterocycles. The molecule has 2 atom stereocenters. The lowest BCUT2D eigenvalue weighted by Gasteiger charge is -2.37. The van der Waals surface area contributed by atoms with E-state index >= 15 is 0 Å². The maximum atomic E-state index is 6.20. The first-order valence-corrected chi connectivity index (χ1v) is 7.99. The smallest absolute Gasteiger partial charge is 0.0540 e. The van der Waals surface area contributed by atoms with E-state index < -0.39 is 0 Å². The minimum atomic E-state index is 0.173. The highest BCUT2D eigenvalue weighted by atomic mass is 35.5. The zero-order chi connectivity index (χ0) is 16.3. The Morgan fingerprint density at radius 2 is 1.05 bits per heavy atom. The van der Waals surface area contributed by atoms with Crippen LogP contribution in [-0.2, 0) is 0 Å². The molecule has 0 radical (unpaired) electrons. The highest BCUT2D eigenvalue weighted by molar-refractivity contribution is 6.30. The van der Waals surface area contributed by atoms with E-state index in [1.807, 2.05) is 36.4 Å². The molecule has 4 heteroatoms. The average molecular weight is 337 g/mol. The fraction of sp³-hybridized carbons (Fsp3) is 0.333. The minimum absolute atomic E-state index is 0.173. The maximum Gasteiger partial charge on any atom is 0.0540 e. The van der Waals surface area contributed by atoms with Crippen LogP contribution in [0.2, 0.25) is 10.0 Å². The Morgan fingerprint density at radius 1 is 0.682 bits per heavy atom. The van der Waals surface area contributed by atoms with Gasteiger partial charge in [0.2, 0.25) is 0 Å². The number of rotatable bonds is 5. The Kier molecular flexibility index (Phi) is 5.87. The van der Waals surface area contributed by atoms with Crippen LogP contribution >= 0.6 is 23.2 Å². The summed E-state index contributed by atoms with van der Waals surface area (Å²) >= 11 is 12.4. The van der Waals surface area contributed by atoms with Crippen LogP contribution in [0.4, 0.5) is 0 Å². The third-order valence-corrected chi connectivity index (χ3v) is 4.26. The lowest BCUT2D eigenvalue weighted by molar-refractivity contribution is 0.152. The van der Waals surface area contributed by atoms with Gasteiger partial charge in [0.05, 0.1) is 12.1 Å². The van der Waals surface area contributed by atoms with Gasteiger partial charge in [-0.25, -0.2) is 0 Å². The van der Waals surface area contributed by atoms with E-state index in [1.165, 1.54) is 11.1 Å². The molecular weight excluding hydrogens is 315 g/mol. The topological polar surface area (TPSA) is 6.48 Å². The predicted molar refractivity (Wildman–Crippen MR) is 95.8 cm³/mol. The average Bonchev–Trinajstić information content (AvgIpc) is 2.43. The van der Waals surface area contributed by atoms with Crippen molar-refractivity contribution < 1.29 is 0 Å². The van der Waals surface area contributed by atoms with Gasteiger partial charge >= 0.3 is 0 Å². The van der Waals surface area contributed by atoms with E-state index in [9.17, 15) is 0 Å². The number of nitrogens with zero attached hydrogens (tertiary/aromatic N) is 2. The highest BCUT2D eigenvalue weighted by Crippen LogP contribution is 2.37. The third-order valence-electron chi connectivity index (χ3n) is 3.79. The summed E-state index contributed by atoms with van der Waals surface area (Å²) in [4.78, 5) is 4.44. The summed E-state index contributed by atoms with van der Waals surface area (Å²) in [5.74, 6) is 0. The van der Waals surface area contributed by atoms with Crippen LogP contribution in [0.3, 0.4) is 0 Å². The van der Waals surface area contributed by atoms with Gasteiger partial charge in [0.1, 0.15) is 0 Å². The fourth-order valence-corrected chi connectivity index (χ4v) is 3.30. The number of halogens is 2. The monoisotopic (exact) mass is 336 g/mol. The first-order chi connectivity index (χ1) is 10.4. The van der Waals surface area contributed by atoms with Crippen LogP contribution in [0.25, 0.3) is 0 Å². The molecule has 2 unspecified atom stereocenters. The van der Waals surface area contributed by atoms with Gasteiger partial charge in [0, 0.05) is 10.0 Å². The normalized spacial score (nSPS) is 14.4. The Labute approximate surface area is 143 Å². The van der Waals surface area contributed by atoms with Crippen LogP contribution in [0.1, 0.15) is 23.2 Å². The molecule has 0 fully saturated rings. The second-order valence-electron chi connectivity index (χ2n) is 5.93. The second-order valence-corrected chi connectivity index (χ2v) is 6.80. The first kappa shape index (κ1) is 17.3. The number of hydrogen-bond donors (Lipinski definition) is 0. The summed E-state index contributed by atoms with van der Waals surface area (Å²) in [6, 6.07) is 16.5. The van der Waals surface area contributed by atoms with Crippen molar-refractivity contribution in [2.24, 2.45) is 0 Å². The van der Waals surface area contributed by atoms with Crippen LogP contribution < -0.4 is 0 Å². The van der Waals surface area contributed by atoms with Crippen LogP contribution in [0, 0.1) is 0 Å². The second kappa shape index (κ2) is 7.47. The van der Waals surface area contributed by atoms with Gasteiger partial charge in [-0.2, -0.15) is 0 Å². The number of hydrogen-bond acceptors (Lipinski definition) is 2. The van der Waals surface area contributed by atoms with E-state index in [1.54, 1.807) is 0 Å². The summed E-state index contributed by atoms with van der Waals surface area (Å²) in [7, 11) is 8.36. The predicted octanol–water partition coefficient (Wildman–Crippen LogP) is 4.90. The van der Waals surface area contributed by atoms with E-state index in [2.05, 4.69) is 50.1 Å². The highest BCUT2D eigenvalue weighted by Gasteiger charge is 2.28. The standard InChI is InChI=1S/C18H22Cl2N2/c1-21(2)17(13-7-5-9-15(19)11-13)18(22(3)4)14-8-6-10-16(20)12-14/h5-12,17-18H,1-4H3. The Bertz CT molecular complexity index is 570. The van der Waals surface area contributed by atoms with Crippen molar-refractivity contribution in [1.29, 1.82) is 0 Å². The van der Waals surface area contributed by atoms with Crippen molar-refractivity contribution in [3.8, 4) is 0 Å². The zero-order valence-electron chi connectivity index (χ0n) is 13.4. The Morgan fingerprint density at radius 3 is 1.32 bits per heavy atom. The van der Waals surface area contributed by atoms with Gasteiger partial charge in [-0.05, 0) is 63.6 Å². The molecule has 0 heterocycles. The molecule has 2 rings (SSSR count). The lowest BCUT2D eigenvalue weighted by Crippen LogP contribution is -2.34. The van der Waals surface area contributed by atoms with Gasteiger partial charge in [0.25, 0.3) is 0 Å². The SMILES string of the molecule is CN(C)C(c1cccc(Cl)c1)C(c1cccc(Cl)c1)N(C)C. The molecule has 0 aliphatic rings. The fourth-order valence-electron chi connectivity index (χ4n) is 2.91. The minimum Gasteiger partial charge on any atom is -0.301 e. The zero-order valence-corrected chi connectivity index (χ0v) is 14.9. The quantitative estimate of drug-likeness (QED) is 0.766. The van der Waals surface area contributed by atoms with Crippen molar-refractivity contribution in [2.75, 3.05) is 28.2 Å². The molecule has 0 aromatic heterocycles. The molecule has 2 aromatic carbocycles. The van der Waals surface area contributed by atoms with Gasteiger partial charge in [-0.15, -0.1) is 0 Å². The van der Waals surface area contributed by atoms with Crippen LogP contribution in [0.5, 0.6) is 0 Å². The molecule has 0 N–H and O–H groups in total. The maximum absolute atomic E-state index is 6.20. The van der Waals surface area contributed by atoms with Crippen molar-refractivity contribution in [1.82, 2.24) is 9.80 Å². The van der Waals surface area contributed by atoms with Crippen LogP contribution in [-0.4, -0.2) is 38.0 Å². The molecule has 0 spiro atoms. The lowest BCUT2D eigenvalue weighted by atomic mass is 9.91. The van der Waals surface area contributed by atoms with Gasteiger partial charge < -0.3 is 9.80 Å². The summed E-state index contributed by atoms with van der Waals surface area (Å²) in [6.07, 6.45) is 0. The summed E-state index contributed by atoms with van der Waals surface area (Å²) in [5.41, 5.74) is 2.38. The molecule has 118 valence electrons. The summed E-state index contributed by atoms with van der Waals surface area (Å²) in [5, 5.41) is 1.51. The molecule has 0 aliphatic heterocycles. The Hall–Kier alpha value is -1.06. The van der Waals surface area contributed by atoms with Gasteiger partial charge in [-0.3, -0.25) is 0 Å². The van der Waals surface area contributed by atoms with Gasteiger partial charge in [0.15, 0.2) is 0 Å². The van der Waals surface area contributed by atoms with Crippen molar-refractivity contribution in [3.63, 3.8) is 0 Å². The Balaban J connectivity index is 2.51. The van der Waals surface area contributed by atoms with Gasteiger partial charge in [-0.1, -0.05) is 47.5 Å². The number of likely N-dealkylation sites (N-methyl/N-ethyl adjacent to an activating group) is 2. The van der Waals surface area contributed by atoms with Crippen molar-refractivity contribution in [2.45, 2.75) is 12.1 Å². The van der Waals surface area contributed by atoms with Crippen molar-refractivity contribution >= 4 is 23.2 Å². The summed E-state index contributed by atoms with van der Waals surface area (Å²) in [6.45, 7) is 0. The van der Waals surface area contributed by atoms with E-state index in [4.69, 9.17) is 23.2 Å². The number of benzene rings is 2. The molecule has 0 amide bonds. The molecular formula is C18H22Cl2N2. The molecule has 2 nitrogen and oxygen atoms in total. The molecule has 22 heavy (non-hydrogen) atoms. The molecule has 2 aromatic rings. The van der Waals surface area contributed by atoms with Crippen molar-refractivity contribution in [3.05, 3.63) is 69.7 Å². The first-order valence-electron chi connectivity index (χ1n) is 7.24. The largest absolute Gasteiger partial charge is 0.301 e. The third kappa shape index (κ3) is 4.02. The molecule has 0 bridgehead atoms. The summed E-state index contributed by atoms with van der Waals surface area (Å²) < 4.78 is 0. The molecule has 0 saturated carbocycles. The van der Waals surface area contributed by atoms with E-state index in [-0.39, 0.29) is 12.1 Å². The molecule has 0 aliphatic carbocycles.